The highest BCUT2D eigenvalue weighted by atomic mass is 79.9. The van der Waals surface area contributed by atoms with Gasteiger partial charge in [-0.3, -0.25) is 5.10 Å². The molecule has 4 rings (SSSR count). The highest BCUT2D eigenvalue weighted by molar-refractivity contribution is 9.10. The molecule has 4 aromatic rings. The van der Waals surface area contributed by atoms with E-state index < -0.39 is 11.7 Å². The quantitative estimate of drug-likeness (QED) is 0.365. The van der Waals surface area contributed by atoms with Crippen LogP contribution in [0.1, 0.15) is 11.1 Å². The molecule has 0 spiro atoms. The van der Waals surface area contributed by atoms with E-state index in [4.69, 9.17) is 0 Å². The molecule has 2 aromatic carbocycles. The van der Waals surface area contributed by atoms with E-state index in [-0.39, 0.29) is 12.1 Å². The number of anilines is 3. The third kappa shape index (κ3) is 4.32. The molecule has 0 radical (unpaired) electrons. The summed E-state index contributed by atoms with van der Waals surface area (Å²) in [6, 6.07) is 11.0. The average molecular weight is 463 g/mol. The first-order valence-electron chi connectivity index (χ1n) is 8.52. The minimum Gasteiger partial charge on any atom is -0.365 e. The summed E-state index contributed by atoms with van der Waals surface area (Å²) in [4.78, 5) is 8.55. The maximum absolute atomic E-state index is 13.2. The number of H-pyrrole nitrogens is 1. The second kappa shape index (κ2) is 7.70. The lowest BCUT2D eigenvalue weighted by atomic mass is 10.1. The molecule has 0 bridgehead atoms. The summed E-state index contributed by atoms with van der Waals surface area (Å²) >= 11 is 3.32. The molecule has 0 unspecified atom stereocenters. The smallest absolute Gasteiger partial charge is 0.365 e. The van der Waals surface area contributed by atoms with Crippen LogP contribution in [0.4, 0.5) is 30.6 Å². The zero-order chi connectivity index (χ0) is 20.4. The van der Waals surface area contributed by atoms with Crippen LogP contribution in [0, 0.1) is 0 Å². The van der Waals surface area contributed by atoms with Gasteiger partial charge in [0.2, 0.25) is 5.95 Å². The van der Waals surface area contributed by atoms with Gasteiger partial charge in [-0.25, -0.2) is 4.98 Å². The van der Waals surface area contributed by atoms with Gasteiger partial charge in [0.1, 0.15) is 5.82 Å². The fourth-order valence-electron chi connectivity index (χ4n) is 2.83. The molecule has 0 aliphatic rings. The van der Waals surface area contributed by atoms with Crippen LogP contribution in [-0.2, 0) is 12.7 Å². The normalized spacial score (nSPS) is 11.6. The van der Waals surface area contributed by atoms with E-state index >= 15 is 0 Å². The largest absolute Gasteiger partial charge is 0.416 e. The third-order valence-electron chi connectivity index (χ3n) is 4.21. The Morgan fingerprint density at radius 1 is 1.07 bits per heavy atom. The number of fused-ring (bicyclic) bond motifs is 1. The molecule has 0 saturated heterocycles. The Morgan fingerprint density at radius 3 is 2.72 bits per heavy atom. The van der Waals surface area contributed by atoms with E-state index in [1.165, 1.54) is 18.3 Å². The average Bonchev–Trinajstić information content (AvgIpc) is 3.16. The summed E-state index contributed by atoms with van der Waals surface area (Å²) < 4.78 is 40.0. The predicted molar refractivity (Wildman–Crippen MR) is 108 cm³/mol. The number of nitrogens with one attached hydrogen (secondary N) is 3. The van der Waals surface area contributed by atoms with Gasteiger partial charge in [-0.15, -0.1) is 0 Å². The lowest BCUT2D eigenvalue weighted by Gasteiger charge is -2.14. The molecule has 0 fully saturated rings. The standard InChI is InChI=1S/C19H14BrF3N6/c20-15-10-25-18(27-13-6-5-12-9-26-29-16(12)7-13)28-17(15)24-8-11-3-1-2-4-14(11)19(21,22)23/h1-7,9-10H,8H2,(H,26,29)(H2,24,25,27,28). The maximum Gasteiger partial charge on any atom is 0.416 e. The van der Waals surface area contributed by atoms with Gasteiger partial charge in [-0.05, 0) is 45.8 Å². The van der Waals surface area contributed by atoms with E-state index in [0.717, 1.165) is 22.7 Å². The van der Waals surface area contributed by atoms with Crippen LogP contribution in [0.3, 0.4) is 0 Å². The Bertz CT molecular complexity index is 1160. The van der Waals surface area contributed by atoms with Crippen molar-refractivity contribution in [3.05, 3.63) is 70.5 Å². The minimum absolute atomic E-state index is 0.0369. The van der Waals surface area contributed by atoms with Crippen LogP contribution in [-0.4, -0.2) is 20.2 Å². The zero-order valence-corrected chi connectivity index (χ0v) is 16.3. The first kappa shape index (κ1) is 19.2. The van der Waals surface area contributed by atoms with E-state index in [2.05, 4.69) is 46.7 Å². The van der Waals surface area contributed by atoms with E-state index in [1.54, 1.807) is 12.3 Å². The number of nitrogens with zero attached hydrogens (tertiary/aromatic N) is 3. The van der Waals surface area contributed by atoms with Crippen LogP contribution in [0.5, 0.6) is 0 Å². The number of hydrogen-bond acceptors (Lipinski definition) is 5. The fourth-order valence-corrected chi connectivity index (χ4v) is 3.16. The van der Waals surface area contributed by atoms with Gasteiger partial charge < -0.3 is 10.6 Å². The summed E-state index contributed by atoms with van der Waals surface area (Å²) in [7, 11) is 0. The van der Waals surface area contributed by atoms with Crippen molar-refractivity contribution in [3.8, 4) is 0 Å². The molecule has 148 valence electrons. The fraction of sp³-hybridized carbons (Fsp3) is 0.105. The van der Waals surface area contributed by atoms with Gasteiger partial charge >= 0.3 is 6.18 Å². The first-order valence-corrected chi connectivity index (χ1v) is 9.31. The summed E-state index contributed by atoms with van der Waals surface area (Å²) in [6.07, 6.45) is -1.17. The molecule has 0 saturated carbocycles. The number of hydrogen-bond donors (Lipinski definition) is 3. The van der Waals surface area contributed by atoms with Gasteiger partial charge in [-0.2, -0.15) is 23.3 Å². The molecule has 29 heavy (non-hydrogen) atoms. The van der Waals surface area contributed by atoms with E-state index in [1.807, 2.05) is 18.2 Å². The Balaban J connectivity index is 1.53. The lowest BCUT2D eigenvalue weighted by Crippen LogP contribution is -2.12. The Morgan fingerprint density at radius 2 is 1.90 bits per heavy atom. The lowest BCUT2D eigenvalue weighted by molar-refractivity contribution is -0.138. The van der Waals surface area contributed by atoms with Crippen molar-refractivity contribution in [1.29, 1.82) is 0 Å². The minimum atomic E-state index is -4.42. The second-order valence-electron chi connectivity index (χ2n) is 6.20. The maximum atomic E-state index is 13.2. The number of aromatic nitrogens is 4. The second-order valence-corrected chi connectivity index (χ2v) is 7.05. The predicted octanol–water partition coefficient (Wildman–Crippen LogP) is 5.49. The molecule has 0 aliphatic heterocycles. The van der Waals surface area contributed by atoms with Crippen molar-refractivity contribution in [2.24, 2.45) is 0 Å². The zero-order valence-electron chi connectivity index (χ0n) is 14.8. The summed E-state index contributed by atoms with van der Waals surface area (Å²) in [5.74, 6) is 0.681. The van der Waals surface area contributed by atoms with Gasteiger partial charge in [0.05, 0.1) is 21.7 Å². The SMILES string of the molecule is FC(F)(F)c1ccccc1CNc1nc(Nc2ccc3cn[nH]c3c2)ncc1Br. The summed E-state index contributed by atoms with van der Waals surface area (Å²) in [5, 5.41) is 13.8. The van der Waals surface area contributed by atoms with Crippen LogP contribution < -0.4 is 10.6 Å². The monoisotopic (exact) mass is 462 g/mol. The highest BCUT2D eigenvalue weighted by Crippen LogP contribution is 2.32. The van der Waals surface area contributed by atoms with Crippen molar-refractivity contribution in [1.82, 2.24) is 20.2 Å². The molecule has 0 amide bonds. The summed E-state index contributed by atoms with van der Waals surface area (Å²) in [5.41, 5.74) is 1.06. The van der Waals surface area contributed by atoms with Gasteiger partial charge in [0, 0.05) is 23.8 Å². The van der Waals surface area contributed by atoms with Gasteiger partial charge in [-0.1, -0.05) is 18.2 Å². The number of halogens is 4. The van der Waals surface area contributed by atoms with Crippen LogP contribution in [0.15, 0.2) is 59.3 Å². The number of alkyl halides is 3. The summed E-state index contributed by atoms with van der Waals surface area (Å²) in [6.45, 7) is -0.0369. The number of benzene rings is 2. The molecule has 3 N–H and O–H groups in total. The third-order valence-corrected chi connectivity index (χ3v) is 4.79. The van der Waals surface area contributed by atoms with Crippen molar-refractivity contribution in [3.63, 3.8) is 0 Å². The number of rotatable bonds is 5. The molecule has 0 atom stereocenters. The topological polar surface area (TPSA) is 78.5 Å². The Kier molecular flexibility index (Phi) is 5.10. The molecular weight excluding hydrogens is 449 g/mol. The van der Waals surface area contributed by atoms with E-state index in [9.17, 15) is 13.2 Å². The Labute approximate surface area is 171 Å². The van der Waals surface area contributed by atoms with Crippen molar-refractivity contribution in [2.75, 3.05) is 10.6 Å². The number of aromatic amines is 1. The van der Waals surface area contributed by atoms with Crippen molar-refractivity contribution >= 4 is 44.3 Å². The highest BCUT2D eigenvalue weighted by Gasteiger charge is 2.32. The van der Waals surface area contributed by atoms with Crippen LogP contribution in [0.2, 0.25) is 0 Å². The first-order chi connectivity index (χ1) is 13.9. The molecule has 6 nitrogen and oxygen atoms in total. The molecule has 10 heteroatoms. The van der Waals surface area contributed by atoms with E-state index in [0.29, 0.717) is 16.2 Å². The Hall–Kier alpha value is -3.14. The molecule has 2 heterocycles. The van der Waals surface area contributed by atoms with Crippen LogP contribution >= 0.6 is 15.9 Å². The molecular formula is C19H14BrF3N6. The van der Waals surface area contributed by atoms with Gasteiger partial charge in [0.25, 0.3) is 0 Å². The van der Waals surface area contributed by atoms with Crippen molar-refractivity contribution < 1.29 is 13.2 Å². The molecule has 2 aromatic heterocycles. The molecule has 0 aliphatic carbocycles. The van der Waals surface area contributed by atoms with Gasteiger partial charge in [0.15, 0.2) is 0 Å². The van der Waals surface area contributed by atoms with Crippen molar-refractivity contribution in [2.45, 2.75) is 12.7 Å². The van der Waals surface area contributed by atoms with Crippen LogP contribution in [0.25, 0.3) is 10.9 Å².